The topological polar surface area (TPSA) is 47.8 Å². The zero-order valence-electron chi connectivity index (χ0n) is 11.1. The SMILES string of the molecule is O=C(c1cncnc1)c1ccn(Cc2cccc(I)c2)c1. The quantitative estimate of drug-likeness (QED) is 0.509. The predicted octanol–water partition coefficient (Wildman–Crippen LogP) is 3.16. The molecule has 2 aromatic heterocycles. The van der Waals surface area contributed by atoms with Crippen molar-refractivity contribution in [3.63, 3.8) is 0 Å². The lowest BCUT2D eigenvalue weighted by molar-refractivity contribution is 0.103. The lowest BCUT2D eigenvalue weighted by Crippen LogP contribution is -2.02. The van der Waals surface area contributed by atoms with Crippen LogP contribution in [0.1, 0.15) is 21.5 Å². The van der Waals surface area contributed by atoms with Crippen LogP contribution in [0.4, 0.5) is 0 Å². The molecule has 2 heterocycles. The molecule has 0 radical (unpaired) electrons. The maximum absolute atomic E-state index is 12.3. The Bertz CT molecular complexity index is 768. The molecular weight excluding hydrogens is 377 g/mol. The van der Waals surface area contributed by atoms with Gasteiger partial charge in [-0.2, -0.15) is 0 Å². The molecule has 0 N–H and O–H groups in total. The van der Waals surface area contributed by atoms with Crippen LogP contribution in [0.2, 0.25) is 0 Å². The van der Waals surface area contributed by atoms with E-state index in [1.807, 2.05) is 29.1 Å². The van der Waals surface area contributed by atoms with Crippen LogP contribution >= 0.6 is 22.6 Å². The van der Waals surface area contributed by atoms with Crippen LogP contribution in [0.3, 0.4) is 0 Å². The summed E-state index contributed by atoms with van der Waals surface area (Å²) < 4.78 is 3.21. The number of halogens is 1. The van der Waals surface area contributed by atoms with Crippen molar-refractivity contribution in [2.45, 2.75) is 6.54 Å². The Morgan fingerprint density at radius 3 is 2.71 bits per heavy atom. The Morgan fingerprint density at radius 1 is 1.14 bits per heavy atom. The number of benzene rings is 1. The normalized spacial score (nSPS) is 10.5. The highest BCUT2D eigenvalue weighted by atomic mass is 127. The second kappa shape index (κ2) is 6.17. The van der Waals surface area contributed by atoms with Gasteiger partial charge in [0.15, 0.2) is 5.78 Å². The van der Waals surface area contributed by atoms with E-state index in [1.54, 1.807) is 0 Å². The lowest BCUT2D eigenvalue weighted by atomic mass is 10.1. The largest absolute Gasteiger partial charge is 0.349 e. The van der Waals surface area contributed by atoms with Crippen LogP contribution in [0.5, 0.6) is 0 Å². The van der Waals surface area contributed by atoms with Crippen LogP contribution in [0, 0.1) is 3.57 Å². The van der Waals surface area contributed by atoms with Gasteiger partial charge in [-0.25, -0.2) is 9.97 Å². The summed E-state index contributed by atoms with van der Waals surface area (Å²) in [5.74, 6) is -0.0583. The van der Waals surface area contributed by atoms with Crippen LogP contribution in [0.15, 0.2) is 61.4 Å². The molecule has 1 aromatic carbocycles. The van der Waals surface area contributed by atoms with Crippen LogP contribution in [-0.4, -0.2) is 20.3 Å². The molecule has 3 aromatic rings. The van der Waals surface area contributed by atoms with Crippen molar-refractivity contribution < 1.29 is 4.79 Å². The highest BCUT2D eigenvalue weighted by molar-refractivity contribution is 14.1. The minimum absolute atomic E-state index is 0.0583. The van der Waals surface area contributed by atoms with Crippen molar-refractivity contribution in [1.29, 1.82) is 0 Å². The molecule has 104 valence electrons. The molecule has 0 fully saturated rings. The molecule has 0 atom stereocenters. The van der Waals surface area contributed by atoms with Gasteiger partial charge in [0, 0.05) is 40.5 Å². The van der Waals surface area contributed by atoms with E-state index in [0.29, 0.717) is 11.1 Å². The molecule has 0 spiro atoms. The van der Waals surface area contributed by atoms with Gasteiger partial charge >= 0.3 is 0 Å². The highest BCUT2D eigenvalue weighted by Crippen LogP contribution is 2.12. The minimum atomic E-state index is -0.0583. The van der Waals surface area contributed by atoms with Gasteiger partial charge in [-0.3, -0.25) is 4.79 Å². The minimum Gasteiger partial charge on any atom is -0.349 e. The van der Waals surface area contributed by atoms with Crippen molar-refractivity contribution in [1.82, 2.24) is 14.5 Å². The first kappa shape index (κ1) is 13.9. The first-order valence-electron chi connectivity index (χ1n) is 6.42. The molecule has 0 amide bonds. The fraction of sp³-hybridized carbons (Fsp3) is 0.0625. The van der Waals surface area contributed by atoms with Gasteiger partial charge in [0.1, 0.15) is 6.33 Å². The van der Waals surface area contributed by atoms with Gasteiger partial charge in [-0.05, 0) is 46.4 Å². The van der Waals surface area contributed by atoms with E-state index in [1.165, 1.54) is 27.9 Å². The number of ketones is 1. The third kappa shape index (κ3) is 3.36. The van der Waals surface area contributed by atoms with Crippen molar-refractivity contribution in [3.05, 3.63) is 81.7 Å². The zero-order valence-corrected chi connectivity index (χ0v) is 13.3. The Morgan fingerprint density at radius 2 is 1.95 bits per heavy atom. The first-order valence-corrected chi connectivity index (χ1v) is 7.50. The number of carbonyl (C=O) groups is 1. The maximum atomic E-state index is 12.3. The van der Waals surface area contributed by atoms with E-state index in [-0.39, 0.29) is 5.78 Å². The summed E-state index contributed by atoms with van der Waals surface area (Å²) in [4.78, 5) is 20.0. The maximum Gasteiger partial charge on any atom is 0.197 e. The van der Waals surface area contributed by atoms with E-state index in [0.717, 1.165) is 6.54 Å². The number of carbonyl (C=O) groups excluding carboxylic acids is 1. The van der Waals surface area contributed by atoms with Gasteiger partial charge in [-0.15, -0.1) is 0 Å². The fourth-order valence-corrected chi connectivity index (χ4v) is 2.71. The molecule has 0 aliphatic rings. The summed E-state index contributed by atoms with van der Waals surface area (Å²) in [6.45, 7) is 0.745. The molecule has 0 unspecified atom stereocenters. The molecule has 0 aliphatic heterocycles. The summed E-state index contributed by atoms with van der Waals surface area (Å²) in [6, 6.07) is 10.1. The van der Waals surface area contributed by atoms with E-state index in [2.05, 4.69) is 50.8 Å². The highest BCUT2D eigenvalue weighted by Gasteiger charge is 2.11. The summed E-state index contributed by atoms with van der Waals surface area (Å²) in [5.41, 5.74) is 2.36. The Balaban J connectivity index is 1.79. The number of hydrogen-bond donors (Lipinski definition) is 0. The van der Waals surface area contributed by atoms with Crippen molar-refractivity contribution in [2.75, 3.05) is 0 Å². The molecule has 0 bridgehead atoms. The zero-order chi connectivity index (χ0) is 14.7. The van der Waals surface area contributed by atoms with Gasteiger partial charge in [-0.1, -0.05) is 12.1 Å². The summed E-state index contributed by atoms with van der Waals surface area (Å²) >= 11 is 2.29. The smallest absolute Gasteiger partial charge is 0.197 e. The van der Waals surface area contributed by atoms with E-state index < -0.39 is 0 Å². The van der Waals surface area contributed by atoms with Gasteiger partial charge in [0.05, 0.1) is 5.56 Å². The van der Waals surface area contributed by atoms with Gasteiger partial charge in [0.25, 0.3) is 0 Å². The Labute approximate surface area is 136 Å². The van der Waals surface area contributed by atoms with Crippen molar-refractivity contribution in [2.24, 2.45) is 0 Å². The fourth-order valence-electron chi connectivity index (χ4n) is 2.10. The second-order valence-corrected chi connectivity index (χ2v) is 5.90. The van der Waals surface area contributed by atoms with Gasteiger partial charge in [0.2, 0.25) is 0 Å². The average molecular weight is 389 g/mol. The molecule has 0 aliphatic carbocycles. The molecule has 4 nitrogen and oxygen atoms in total. The number of aromatic nitrogens is 3. The first-order chi connectivity index (χ1) is 10.2. The summed E-state index contributed by atoms with van der Waals surface area (Å²) in [5, 5.41) is 0. The third-order valence-corrected chi connectivity index (χ3v) is 3.76. The van der Waals surface area contributed by atoms with E-state index in [4.69, 9.17) is 0 Å². The monoisotopic (exact) mass is 389 g/mol. The Hall–Kier alpha value is -2.02. The Kier molecular flexibility index (Phi) is 4.10. The second-order valence-electron chi connectivity index (χ2n) is 4.66. The van der Waals surface area contributed by atoms with Gasteiger partial charge < -0.3 is 4.57 Å². The third-order valence-electron chi connectivity index (χ3n) is 3.09. The number of nitrogens with zero attached hydrogens (tertiary/aromatic N) is 3. The standard InChI is InChI=1S/C16H12IN3O/c17-15-3-1-2-12(6-15)9-20-5-4-13(10-20)16(21)14-7-18-11-19-8-14/h1-8,10-11H,9H2. The molecule has 0 saturated heterocycles. The lowest BCUT2D eigenvalue weighted by Gasteiger charge is -2.03. The number of rotatable bonds is 4. The molecule has 0 saturated carbocycles. The van der Waals surface area contributed by atoms with Crippen LogP contribution in [0.25, 0.3) is 0 Å². The van der Waals surface area contributed by atoms with Crippen molar-refractivity contribution in [3.8, 4) is 0 Å². The number of hydrogen-bond acceptors (Lipinski definition) is 3. The van der Waals surface area contributed by atoms with E-state index >= 15 is 0 Å². The van der Waals surface area contributed by atoms with Crippen LogP contribution < -0.4 is 0 Å². The van der Waals surface area contributed by atoms with Crippen LogP contribution in [-0.2, 0) is 6.54 Å². The molecular formula is C16H12IN3O. The molecule has 5 heteroatoms. The van der Waals surface area contributed by atoms with Crippen molar-refractivity contribution >= 4 is 28.4 Å². The average Bonchev–Trinajstić information content (AvgIpc) is 2.96. The summed E-state index contributed by atoms with van der Waals surface area (Å²) in [6.07, 6.45) is 8.25. The molecule has 21 heavy (non-hydrogen) atoms. The molecule has 3 rings (SSSR count). The predicted molar refractivity (Wildman–Crippen MR) is 88.2 cm³/mol. The van der Waals surface area contributed by atoms with E-state index in [9.17, 15) is 4.79 Å². The summed E-state index contributed by atoms with van der Waals surface area (Å²) in [7, 11) is 0.